The molecule has 0 unspecified atom stereocenters. The molecule has 0 saturated carbocycles. The second-order valence-corrected chi connectivity index (χ2v) is 9.75. The summed E-state index contributed by atoms with van der Waals surface area (Å²) < 4.78 is 46.8. The fourth-order valence-corrected chi connectivity index (χ4v) is 5.40. The molecular formula is C20H30FN3O4S. The van der Waals surface area contributed by atoms with Crippen LogP contribution < -0.4 is 5.32 Å². The van der Waals surface area contributed by atoms with Crippen LogP contribution in [-0.4, -0.2) is 76.0 Å². The van der Waals surface area contributed by atoms with Crippen LogP contribution in [0, 0.1) is 11.7 Å². The predicted molar refractivity (Wildman–Crippen MR) is 108 cm³/mol. The molecule has 0 aliphatic carbocycles. The maximum Gasteiger partial charge on any atom is 0.254 e. The molecule has 0 aromatic heterocycles. The van der Waals surface area contributed by atoms with E-state index in [4.69, 9.17) is 4.74 Å². The van der Waals surface area contributed by atoms with E-state index < -0.39 is 21.7 Å². The number of sulfonamides is 1. The van der Waals surface area contributed by atoms with Gasteiger partial charge in [0.25, 0.3) is 5.91 Å². The molecular weight excluding hydrogens is 397 g/mol. The molecule has 3 rings (SSSR count). The Hall–Kier alpha value is -1.55. The smallest absolute Gasteiger partial charge is 0.254 e. The standard InChI is InChI=1S/C20H30FN3O4S/c1-16-4-2-9-24(15-16)29(26,27)17-5-6-19(21)18(14-17)20(25)22-7-3-8-23-10-12-28-13-11-23/h5-6,14,16H,2-4,7-13,15H2,1H3,(H,22,25)/t16-/m1/s1. The highest BCUT2D eigenvalue weighted by Crippen LogP contribution is 2.24. The summed E-state index contributed by atoms with van der Waals surface area (Å²) in [6.45, 7) is 7.32. The fraction of sp³-hybridized carbons (Fsp3) is 0.650. The maximum atomic E-state index is 14.2. The number of carbonyl (C=O) groups excluding carboxylic acids is 1. The lowest BCUT2D eigenvalue weighted by molar-refractivity contribution is 0.0374. The monoisotopic (exact) mass is 427 g/mol. The molecule has 2 saturated heterocycles. The molecule has 0 spiro atoms. The van der Waals surface area contributed by atoms with Crippen molar-refractivity contribution in [1.82, 2.24) is 14.5 Å². The topological polar surface area (TPSA) is 79.0 Å². The number of benzene rings is 1. The predicted octanol–water partition coefficient (Wildman–Crippen LogP) is 1.70. The van der Waals surface area contributed by atoms with Gasteiger partial charge in [-0.25, -0.2) is 12.8 Å². The summed E-state index contributed by atoms with van der Waals surface area (Å²) in [5, 5.41) is 2.70. The van der Waals surface area contributed by atoms with Crippen LogP contribution in [0.5, 0.6) is 0 Å². The van der Waals surface area contributed by atoms with E-state index >= 15 is 0 Å². The normalized spacial score (nSPS) is 21.8. The van der Waals surface area contributed by atoms with Crippen molar-refractivity contribution in [3.8, 4) is 0 Å². The number of ether oxygens (including phenoxy) is 1. The fourth-order valence-electron chi connectivity index (χ4n) is 3.78. The van der Waals surface area contributed by atoms with Crippen LogP contribution in [0.1, 0.15) is 36.5 Å². The van der Waals surface area contributed by atoms with E-state index in [1.165, 1.54) is 10.4 Å². The third-order valence-corrected chi connectivity index (χ3v) is 7.34. The van der Waals surface area contributed by atoms with Gasteiger partial charge in [-0.05, 0) is 49.9 Å². The zero-order chi connectivity index (χ0) is 20.9. The highest BCUT2D eigenvalue weighted by Gasteiger charge is 2.29. The van der Waals surface area contributed by atoms with Gasteiger partial charge in [0.15, 0.2) is 0 Å². The third-order valence-electron chi connectivity index (χ3n) is 5.48. The van der Waals surface area contributed by atoms with E-state index in [2.05, 4.69) is 10.2 Å². The van der Waals surface area contributed by atoms with Gasteiger partial charge in [0.05, 0.1) is 23.7 Å². The zero-order valence-corrected chi connectivity index (χ0v) is 17.7. The lowest BCUT2D eigenvalue weighted by Crippen LogP contribution is -2.39. The first-order chi connectivity index (χ1) is 13.9. The van der Waals surface area contributed by atoms with Crippen LogP contribution in [-0.2, 0) is 14.8 Å². The first kappa shape index (κ1) is 22.1. The summed E-state index contributed by atoms with van der Waals surface area (Å²) in [7, 11) is -3.74. The Labute approximate surface area is 172 Å². The number of amides is 1. The summed E-state index contributed by atoms with van der Waals surface area (Å²) in [6, 6.07) is 3.45. The number of nitrogens with zero attached hydrogens (tertiary/aromatic N) is 2. The SMILES string of the molecule is C[C@@H]1CCCN(S(=O)(=O)c2ccc(F)c(C(=O)NCCCN3CCOCC3)c2)C1. The van der Waals surface area contributed by atoms with Crippen LogP contribution in [0.25, 0.3) is 0 Å². The largest absolute Gasteiger partial charge is 0.379 e. The second kappa shape index (κ2) is 9.97. The van der Waals surface area contributed by atoms with Gasteiger partial charge in [0, 0.05) is 32.7 Å². The number of piperidine rings is 1. The zero-order valence-electron chi connectivity index (χ0n) is 16.9. The Bertz CT molecular complexity index is 812. The molecule has 1 atom stereocenters. The summed E-state index contributed by atoms with van der Waals surface area (Å²) >= 11 is 0. The number of morpholine rings is 1. The lowest BCUT2D eigenvalue weighted by Gasteiger charge is -2.30. The van der Waals surface area contributed by atoms with Crippen molar-refractivity contribution in [2.24, 2.45) is 5.92 Å². The first-order valence-corrected chi connectivity index (χ1v) is 11.7. The molecule has 1 N–H and O–H groups in total. The number of hydrogen-bond acceptors (Lipinski definition) is 5. The van der Waals surface area contributed by atoms with Crippen molar-refractivity contribution in [3.05, 3.63) is 29.6 Å². The molecule has 0 bridgehead atoms. The number of rotatable bonds is 7. The quantitative estimate of drug-likeness (QED) is 0.670. The van der Waals surface area contributed by atoms with Crippen molar-refractivity contribution >= 4 is 15.9 Å². The van der Waals surface area contributed by atoms with E-state index in [1.807, 2.05) is 6.92 Å². The molecule has 2 fully saturated rings. The van der Waals surface area contributed by atoms with Gasteiger partial charge >= 0.3 is 0 Å². The molecule has 162 valence electrons. The van der Waals surface area contributed by atoms with E-state index in [9.17, 15) is 17.6 Å². The first-order valence-electron chi connectivity index (χ1n) is 10.3. The van der Waals surface area contributed by atoms with Gasteiger partial charge in [-0.1, -0.05) is 6.92 Å². The Morgan fingerprint density at radius 3 is 2.76 bits per heavy atom. The van der Waals surface area contributed by atoms with Crippen molar-refractivity contribution in [3.63, 3.8) is 0 Å². The Morgan fingerprint density at radius 2 is 2.03 bits per heavy atom. The molecule has 1 aromatic carbocycles. The minimum Gasteiger partial charge on any atom is -0.379 e. The number of carbonyl (C=O) groups is 1. The molecule has 0 radical (unpaired) electrons. The van der Waals surface area contributed by atoms with Crippen LogP contribution in [0.4, 0.5) is 4.39 Å². The van der Waals surface area contributed by atoms with Crippen molar-refractivity contribution in [2.45, 2.75) is 31.1 Å². The number of halogens is 1. The van der Waals surface area contributed by atoms with E-state index in [0.29, 0.717) is 32.8 Å². The van der Waals surface area contributed by atoms with Crippen LogP contribution in [0.15, 0.2) is 23.1 Å². The minimum atomic E-state index is -3.74. The van der Waals surface area contributed by atoms with Gasteiger partial charge in [0.2, 0.25) is 10.0 Å². The molecule has 9 heteroatoms. The van der Waals surface area contributed by atoms with Crippen molar-refractivity contribution in [1.29, 1.82) is 0 Å². The van der Waals surface area contributed by atoms with Gasteiger partial charge in [-0.15, -0.1) is 0 Å². The average Bonchev–Trinajstić information content (AvgIpc) is 2.72. The minimum absolute atomic E-state index is 0.0357. The summed E-state index contributed by atoms with van der Waals surface area (Å²) in [4.78, 5) is 14.6. The van der Waals surface area contributed by atoms with E-state index in [-0.39, 0.29) is 16.4 Å². The van der Waals surface area contributed by atoms with Crippen molar-refractivity contribution < 1.29 is 22.3 Å². The Kier molecular flexibility index (Phi) is 7.61. The van der Waals surface area contributed by atoms with Gasteiger partial charge < -0.3 is 10.1 Å². The summed E-state index contributed by atoms with van der Waals surface area (Å²) in [5.41, 5.74) is -0.234. The molecule has 2 heterocycles. The average molecular weight is 428 g/mol. The summed E-state index contributed by atoms with van der Waals surface area (Å²) in [6.07, 6.45) is 2.53. The molecule has 1 aromatic rings. The summed E-state index contributed by atoms with van der Waals surface area (Å²) in [5.74, 6) is -1.02. The highest BCUT2D eigenvalue weighted by atomic mass is 32.2. The number of hydrogen-bond donors (Lipinski definition) is 1. The molecule has 1 amide bonds. The maximum absolute atomic E-state index is 14.2. The Balaban J connectivity index is 1.61. The van der Waals surface area contributed by atoms with Gasteiger partial charge in [-0.3, -0.25) is 9.69 Å². The van der Waals surface area contributed by atoms with Crippen molar-refractivity contribution in [2.75, 3.05) is 52.5 Å². The van der Waals surface area contributed by atoms with Crippen LogP contribution in [0.2, 0.25) is 0 Å². The van der Waals surface area contributed by atoms with E-state index in [0.717, 1.165) is 51.0 Å². The van der Waals surface area contributed by atoms with E-state index in [1.54, 1.807) is 0 Å². The van der Waals surface area contributed by atoms with Crippen LogP contribution >= 0.6 is 0 Å². The molecule has 2 aliphatic rings. The molecule has 29 heavy (non-hydrogen) atoms. The number of nitrogens with one attached hydrogen (secondary N) is 1. The van der Waals surface area contributed by atoms with Gasteiger partial charge in [0.1, 0.15) is 5.82 Å². The van der Waals surface area contributed by atoms with Gasteiger partial charge in [-0.2, -0.15) is 4.31 Å². The lowest BCUT2D eigenvalue weighted by atomic mass is 10.0. The second-order valence-electron chi connectivity index (χ2n) is 7.82. The molecule has 7 nitrogen and oxygen atoms in total. The highest BCUT2D eigenvalue weighted by molar-refractivity contribution is 7.89. The molecule has 2 aliphatic heterocycles. The Morgan fingerprint density at radius 1 is 1.28 bits per heavy atom. The van der Waals surface area contributed by atoms with Crippen LogP contribution in [0.3, 0.4) is 0 Å². The third kappa shape index (κ3) is 5.75.